The highest BCUT2D eigenvalue weighted by molar-refractivity contribution is 7.89. The van der Waals surface area contributed by atoms with E-state index in [1.54, 1.807) is 43.5 Å². The molecule has 1 fully saturated rings. The Morgan fingerprint density at radius 2 is 1.81 bits per heavy atom. The Labute approximate surface area is 158 Å². The van der Waals surface area contributed by atoms with Crippen LogP contribution in [0.1, 0.15) is 23.2 Å². The average Bonchev–Trinajstić information content (AvgIpc) is 3.50. The first-order valence-electron chi connectivity index (χ1n) is 8.65. The molecule has 144 valence electrons. The van der Waals surface area contributed by atoms with Crippen LogP contribution in [0.2, 0.25) is 0 Å². The number of methoxy groups -OCH3 is 1. The Bertz CT molecular complexity index is 893. The minimum Gasteiger partial charge on any atom is -0.497 e. The highest BCUT2D eigenvalue weighted by atomic mass is 32.2. The zero-order valence-corrected chi connectivity index (χ0v) is 15.8. The number of sulfonamides is 1. The van der Waals surface area contributed by atoms with Crippen LogP contribution in [0.4, 0.5) is 0 Å². The number of ether oxygens (including phenoxy) is 2. The Morgan fingerprint density at radius 3 is 2.48 bits per heavy atom. The number of amides is 1. The van der Waals surface area contributed by atoms with Gasteiger partial charge in [0.25, 0.3) is 5.91 Å². The van der Waals surface area contributed by atoms with E-state index in [2.05, 4.69) is 10.0 Å². The molecule has 0 spiro atoms. The fraction of sp³-hybridized carbons (Fsp3) is 0.316. The summed E-state index contributed by atoms with van der Waals surface area (Å²) in [6.45, 7) is 0.278. The van der Waals surface area contributed by atoms with Crippen molar-refractivity contribution in [2.24, 2.45) is 0 Å². The predicted molar refractivity (Wildman–Crippen MR) is 101 cm³/mol. The maximum Gasteiger partial charge on any atom is 0.251 e. The molecule has 1 aliphatic carbocycles. The van der Waals surface area contributed by atoms with Crippen LogP contribution in [0.5, 0.6) is 11.5 Å². The summed E-state index contributed by atoms with van der Waals surface area (Å²) < 4.78 is 37.9. The van der Waals surface area contributed by atoms with Gasteiger partial charge in [0.2, 0.25) is 10.0 Å². The van der Waals surface area contributed by atoms with E-state index in [-0.39, 0.29) is 30.0 Å². The van der Waals surface area contributed by atoms with Crippen molar-refractivity contribution in [2.45, 2.75) is 23.8 Å². The molecule has 8 heteroatoms. The Hall–Kier alpha value is -2.58. The standard InChI is InChI=1S/C19H22N2O5S/c1-25-16-7-9-17(10-8-16)26-12-11-20-27(23,24)18-4-2-3-14(13-18)19(22)21-15-5-6-15/h2-4,7-10,13,15,20H,5-6,11-12H2,1H3,(H,21,22). The van der Waals surface area contributed by atoms with Crippen LogP contribution in [0, 0.1) is 0 Å². The lowest BCUT2D eigenvalue weighted by atomic mass is 10.2. The van der Waals surface area contributed by atoms with Gasteiger partial charge in [0.15, 0.2) is 0 Å². The molecular weight excluding hydrogens is 368 g/mol. The highest BCUT2D eigenvalue weighted by Gasteiger charge is 2.24. The molecule has 0 atom stereocenters. The van der Waals surface area contributed by atoms with E-state index in [1.165, 1.54) is 12.1 Å². The van der Waals surface area contributed by atoms with E-state index in [0.717, 1.165) is 12.8 Å². The summed E-state index contributed by atoms with van der Waals surface area (Å²) in [5.74, 6) is 1.08. The van der Waals surface area contributed by atoms with Crippen LogP contribution < -0.4 is 19.5 Å². The zero-order valence-electron chi connectivity index (χ0n) is 15.0. The van der Waals surface area contributed by atoms with Crippen molar-refractivity contribution in [3.8, 4) is 11.5 Å². The maximum atomic E-state index is 12.4. The molecule has 2 N–H and O–H groups in total. The largest absolute Gasteiger partial charge is 0.497 e. The number of nitrogens with one attached hydrogen (secondary N) is 2. The van der Waals surface area contributed by atoms with Gasteiger partial charge >= 0.3 is 0 Å². The number of benzene rings is 2. The Morgan fingerprint density at radius 1 is 1.11 bits per heavy atom. The molecule has 0 unspecified atom stereocenters. The van der Waals surface area contributed by atoms with Gasteiger partial charge in [-0.2, -0.15) is 0 Å². The fourth-order valence-electron chi connectivity index (χ4n) is 2.40. The molecule has 0 radical (unpaired) electrons. The molecule has 0 heterocycles. The lowest BCUT2D eigenvalue weighted by Crippen LogP contribution is -2.29. The van der Waals surface area contributed by atoms with E-state index in [9.17, 15) is 13.2 Å². The monoisotopic (exact) mass is 390 g/mol. The fourth-order valence-corrected chi connectivity index (χ4v) is 3.46. The first kappa shape index (κ1) is 19.2. The van der Waals surface area contributed by atoms with Crippen molar-refractivity contribution in [1.82, 2.24) is 10.0 Å². The summed E-state index contributed by atoms with van der Waals surface area (Å²) in [6.07, 6.45) is 1.94. The van der Waals surface area contributed by atoms with E-state index in [4.69, 9.17) is 9.47 Å². The van der Waals surface area contributed by atoms with Gasteiger partial charge in [-0.05, 0) is 55.3 Å². The highest BCUT2D eigenvalue weighted by Crippen LogP contribution is 2.20. The van der Waals surface area contributed by atoms with Gasteiger partial charge in [0, 0.05) is 18.2 Å². The van der Waals surface area contributed by atoms with E-state index < -0.39 is 10.0 Å². The normalized spacial score (nSPS) is 13.8. The lowest BCUT2D eigenvalue weighted by molar-refractivity contribution is 0.0951. The molecule has 1 saturated carbocycles. The molecule has 3 rings (SSSR count). The molecule has 2 aromatic carbocycles. The van der Waals surface area contributed by atoms with Crippen LogP contribution in [0.15, 0.2) is 53.4 Å². The summed E-state index contributed by atoms with van der Waals surface area (Å²) in [6, 6.07) is 13.2. The third-order valence-electron chi connectivity index (χ3n) is 4.04. The first-order valence-corrected chi connectivity index (χ1v) is 10.1. The van der Waals surface area contributed by atoms with Crippen LogP contribution >= 0.6 is 0 Å². The number of hydrogen-bond donors (Lipinski definition) is 2. The SMILES string of the molecule is COc1ccc(OCCNS(=O)(=O)c2cccc(C(=O)NC3CC3)c2)cc1. The summed E-state index contributed by atoms with van der Waals surface area (Å²) in [4.78, 5) is 12.1. The molecular formula is C19H22N2O5S. The molecule has 7 nitrogen and oxygen atoms in total. The van der Waals surface area contributed by atoms with Crippen LogP contribution in [0.25, 0.3) is 0 Å². The van der Waals surface area contributed by atoms with Gasteiger partial charge in [-0.1, -0.05) is 6.07 Å². The van der Waals surface area contributed by atoms with Gasteiger partial charge < -0.3 is 14.8 Å². The number of carbonyl (C=O) groups excluding carboxylic acids is 1. The average molecular weight is 390 g/mol. The molecule has 0 saturated heterocycles. The van der Waals surface area contributed by atoms with Crippen LogP contribution in [-0.4, -0.2) is 40.6 Å². The summed E-state index contributed by atoms with van der Waals surface area (Å²) in [5, 5.41) is 2.84. The quantitative estimate of drug-likeness (QED) is 0.638. The predicted octanol–water partition coefficient (Wildman–Crippen LogP) is 1.94. The smallest absolute Gasteiger partial charge is 0.251 e. The lowest BCUT2D eigenvalue weighted by Gasteiger charge is -2.10. The van der Waals surface area contributed by atoms with Crippen LogP contribution in [-0.2, 0) is 10.0 Å². The van der Waals surface area contributed by atoms with E-state index in [0.29, 0.717) is 17.1 Å². The summed E-state index contributed by atoms with van der Waals surface area (Å²) in [5.41, 5.74) is 0.333. The van der Waals surface area contributed by atoms with Crippen molar-refractivity contribution in [1.29, 1.82) is 0 Å². The second-order valence-electron chi connectivity index (χ2n) is 6.20. The van der Waals surface area contributed by atoms with Gasteiger partial charge in [-0.25, -0.2) is 13.1 Å². The molecule has 0 aliphatic heterocycles. The Kier molecular flexibility index (Phi) is 5.98. The topological polar surface area (TPSA) is 93.7 Å². The minimum absolute atomic E-state index is 0.0513. The van der Waals surface area contributed by atoms with E-state index in [1.807, 2.05) is 0 Å². The molecule has 1 amide bonds. The summed E-state index contributed by atoms with van der Waals surface area (Å²) in [7, 11) is -2.15. The molecule has 1 aliphatic rings. The van der Waals surface area contributed by atoms with Crippen molar-refractivity contribution in [3.05, 3.63) is 54.1 Å². The molecule has 2 aromatic rings. The minimum atomic E-state index is -3.72. The first-order chi connectivity index (χ1) is 13.0. The van der Waals surface area contributed by atoms with Gasteiger partial charge in [0.05, 0.1) is 12.0 Å². The van der Waals surface area contributed by atoms with Crippen LogP contribution in [0.3, 0.4) is 0 Å². The van der Waals surface area contributed by atoms with Gasteiger partial charge in [-0.15, -0.1) is 0 Å². The van der Waals surface area contributed by atoms with Gasteiger partial charge in [-0.3, -0.25) is 4.79 Å². The Balaban J connectivity index is 1.53. The van der Waals surface area contributed by atoms with Crippen molar-refractivity contribution in [3.63, 3.8) is 0 Å². The third-order valence-corrected chi connectivity index (χ3v) is 5.50. The molecule has 0 bridgehead atoms. The number of hydrogen-bond acceptors (Lipinski definition) is 5. The number of carbonyl (C=O) groups is 1. The molecule has 27 heavy (non-hydrogen) atoms. The summed E-state index contributed by atoms with van der Waals surface area (Å²) >= 11 is 0. The zero-order chi connectivity index (χ0) is 19.3. The molecule has 0 aromatic heterocycles. The van der Waals surface area contributed by atoms with Crippen molar-refractivity contribution < 1.29 is 22.7 Å². The van der Waals surface area contributed by atoms with Crippen molar-refractivity contribution >= 4 is 15.9 Å². The number of rotatable bonds is 9. The second kappa shape index (κ2) is 8.41. The third kappa shape index (κ3) is 5.45. The maximum absolute atomic E-state index is 12.4. The van der Waals surface area contributed by atoms with Crippen molar-refractivity contribution in [2.75, 3.05) is 20.3 Å². The second-order valence-corrected chi connectivity index (χ2v) is 7.96. The van der Waals surface area contributed by atoms with E-state index >= 15 is 0 Å². The van der Waals surface area contributed by atoms with Gasteiger partial charge in [0.1, 0.15) is 18.1 Å².